The van der Waals surface area contributed by atoms with Crippen molar-refractivity contribution in [3.8, 4) is 6.07 Å². The molecule has 0 bridgehead atoms. The normalized spacial score (nSPS) is 9.50. The molecule has 0 spiro atoms. The molecule has 0 aliphatic carbocycles. The number of nitrogens with zero attached hydrogens (tertiary/aromatic N) is 2. The Hall–Kier alpha value is -1.89. The first kappa shape index (κ1) is 10.2. The monoisotopic (exact) mass is 190 g/mol. The van der Waals surface area contributed by atoms with Crippen LogP contribution < -0.4 is 0 Å². The molecule has 0 aromatic heterocycles. The van der Waals surface area contributed by atoms with E-state index in [0.717, 1.165) is 11.1 Å². The van der Waals surface area contributed by atoms with Crippen LogP contribution in [-0.2, 0) is 6.42 Å². The number of nitro benzene ring substituents is 1. The van der Waals surface area contributed by atoms with Gasteiger partial charge in [-0.1, -0.05) is 6.07 Å². The minimum absolute atomic E-state index is 0.0367. The van der Waals surface area contributed by atoms with Crippen molar-refractivity contribution >= 4 is 5.69 Å². The third kappa shape index (κ3) is 1.72. The molecule has 4 nitrogen and oxygen atoms in total. The van der Waals surface area contributed by atoms with Gasteiger partial charge < -0.3 is 0 Å². The molecular formula is C10H10N2O2. The molecule has 4 heteroatoms. The highest BCUT2D eigenvalue weighted by Gasteiger charge is 2.16. The first-order chi connectivity index (χ1) is 6.57. The Labute approximate surface area is 81.9 Å². The van der Waals surface area contributed by atoms with Gasteiger partial charge in [0.25, 0.3) is 5.69 Å². The molecule has 14 heavy (non-hydrogen) atoms. The second-order valence-corrected chi connectivity index (χ2v) is 3.10. The maximum atomic E-state index is 10.7. The number of nitro groups is 1. The summed E-state index contributed by atoms with van der Waals surface area (Å²) >= 11 is 0. The Morgan fingerprint density at radius 2 is 2.14 bits per heavy atom. The first-order valence-corrected chi connectivity index (χ1v) is 4.18. The van der Waals surface area contributed by atoms with Gasteiger partial charge in [0.1, 0.15) is 0 Å². The molecule has 0 heterocycles. The summed E-state index contributed by atoms with van der Waals surface area (Å²) in [6.07, 6.45) is 0.0871. The fraction of sp³-hybridized carbons (Fsp3) is 0.300. The van der Waals surface area contributed by atoms with Crippen molar-refractivity contribution in [1.29, 1.82) is 5.26 Å². The van der Waals surface area contributed by atoms with Gasteiger partial charge in [-0.05, 0) is 25.0 Å². The summed E-state index contributed by atoms with van der Waals surface area (Å²) in [5.74, 6) is 0. The molecule has 72 valence electrons. The van der Waals surface area contributed by atoms with Crippen molar-refractivity contribution in [2.45, 2.75) is 20.3 Å². The number of benzene rings is 1. The van der Waals surface area contributed by atoms with Crippen LogP contribution in [-0.4, -0.2) is 4.92 Å². The van der Waals surface area contributed by atoms with E-state index in [0.29, 0.717) is 5.56 Å². The minimum atomic E-state index is -0.445. The highest BCUT2D eigenvalue weighted by Crippen LogP contribution is 2.24. The molecule has 0 saturated carbocycles. The molecule has 0 aliphatic heterocycles. The molecule has 0 aliphatic rings. The second kappa shape index (κ2) is 3.88. The Kier molecular flexibility index (Phi) is 2.82. The molecular weight excluding hydrogens is 180 g/mol. The zero-order chi connectivity index (χ0) is 10.7. The van der Waals surface area contributed by atoms with Crippen molar-refractivity contribution in [2.75, 3.05) is 0 Å². The Bertz CT molecular complexity index is 419. The maximum absolute atomic E-state index is 10.7. The lowest BCUT2D eigenvalue weighted by Crippen LogP contribution is -1.99. The lowest BCUT2D eigenvalue weighted by Gasteiger charge is -2.05. The van der Waals surface area contributed by atoms with E-state index in [1.54, 1.807) is 13.0 Å². The van der Waals surface area contributed by atoms with Crippen molar-refractivity contribution in [2.24, 2.45) is 0 Å². The molecule has 0 amide bonds. The maximum Gasteiger partial charge on any atom is 0.273 e. The summed E-state index contributed by atoms with van der Waals surface area (Å²) in [6.45, 7) is 3.68. The Balaban J connectivity index is 3.39. The van der Waals surface area contributed by atoms with Gasteiger partial charge >= 0.3 is 0 Å². The highest BCUT2D eigenvalue weighted by atomic mass is 16.6. The van der Waals surface area contributed by atoms with Gasteiger partial charge in [-0.25, -0.2) is 0 Å². The topological polar surface area (TPSA) is 66.9 Å². The molecule has 1 aromatic carbocycles. The number of aryl methyl sites for hydroxylation is 1. The van der Waals surface area contributed by atoms with E-state index in [1.807, 2.05) is 13.0 Å². The molecule has 0 saturated heterocycles. The molecule has 0 unspecified atom stereocenters. The van der Waals surface area contributed by atoms with Gasteiger partial charge in [-0.2, -0.15) is 5.26 Å². The lowest BCUT2D eigenvalue weighted by atomic mass is 9.99. The average molecular weight is 190 g/mol. The standard InChI is InChI=1S/C10H10N2O2/c1-7-3-4-10(12(13)14)9(5-6-11)8(7)2/h3-4H,5H2,1-2H3. The van der Waals surface area contributed by atoms with Crippen LogP contribution in [0.15, 0.2) is 12.1 Å². The van der Waals surface area contributed by atoms with Crippen LogP contribution in [0.3, 0.4) is 0 Å². The first-order valence-electron chi connectivity index (χ1n) is 4.18. The zero-order valence-electron chi connectivity index (χ0n) is 8.07. The zero-order valence-corrected chi connectivity index (χ0v) is 8.07. The summed E-state index contributed by atoms with van der Waals surface area (Å²) in [5.41, 5.74) is 2.37. The van der Waals surface area contributed by atoms with Crippen molar-refractivity contribution in [3.63, 3.8) is 0 Å². The van der Waals surface area contributed by atoms with Crippen molar-refractivity contribution in [1.82, 2.24) is 0 Å². The summed E-state index contributed by atoms with van der Waals surface area (Å²) in [4.78, 5) is 10.2. The average Bonchev–Trinajstić information content (AvgIpc) is 2.13. The quantitative estimate of drug-likeness (QED) is 0.530. The predicted molar refractivity (Wildman–Crippen MR) is 51.9 cm³/mol. The van der Waals surface area contributed by atoms with Crippen LogP contribution in [0.4, 0.5) is 5.69 Å². The van der Waals surface area contributed by atoms with Gasteiger partial charge in [0, 0.05) is 11.6 Å². The van der Waals surface area contributed by atoms with Gasteiger partial charge in [0.05, 0.1) is 17.4 Å². The van der Waals surface area contributed by atoms with Crippen LogP contribution in [0.5, 0.6) is 0 Å². The number of hydrogen-bond donors (Lipinski definition) is 0. The van der Waals surface area contributed by atoms with E-state index in [4.69, 9.17) is 5.26 Å². The van der Waals surface area contributed by atoms with Gasteiger partial charge in [0.2, 0.25) is 0 Å². The van der Waals surface area contributed by atoms with Crippen LogP contribution in [0.1, 0.15) is 16.7 Å². The van der Waals surface area contributed by atoms with Crippen LogP contribution in [0.2, 0.25) is 0 Å². The van der Waals surface area contributed by atoms with Gasteiger partial charge in [0.15, 0.2) is 0 Å². The van der Waals surface area contributed by atoms with Gasteiger partial charge in [-0.3, -0.25) is 10.1 Å². The van der Waals surface area contributed by atoms with Crippen LogP contribution >= 0.6 is 0 Å². The molecule has 0 fully saturated rings. The van der Waals surface area contributed by atoms with E-state index < -0.39 is 4.92 Å². The fourth-order valence-electron chi connectivity index (χ4n) is 1.33. The van der Waals surface area contributed by atoms with E-state index >= 15 is 0 Å². The molecule has 1 rings (SSSR count). The largest absolute Gasteiger partial charge is 0.273 e. The summed E-state index contributed by atoms with van der Waals surface area (Å²) < 4.78 is 0. The second-order valence-electron chi connectivity index (χ2n) is 3.10. The van der Waals surface area contributed by atoms with Crippen LogP contribution in [0, 0.1) is 35.3 Å². The lowest BCUT2D eigenvalue weighted by molar-refractivity contribution is -0.385. The third-order valence-corrected chi connectivity index (χ3v) is 2.30. The molecule has 0 atom stereocenters. The Morgan fingerprint density at radius 3 is 2.64 bits per heavy atom. The summed E-state index contributed by atoms with van der Waals surface area (Å²) in [7, 11) is 0. The van der Waals surface area contributed by atoms with Crippen LogP contribution in [0.25, 0.3) is 0 Å². The minimum Gasteiger partial charge on any atom is -0.258 e. The SMILES string of the molecule is Cc1ccc([N+](=O)[O-])c(CC#N)c1C. The summed E-state index contributed by atoms with van der Waals surface area (Å²) in [5, 5.41) is 19.2. The van der Waals surface area contributed by atoms with E-state index in [2.05, 4.69) is 0 Å². The molecule has 0 N–H and O–H groups in total. The van der Waals surface area contributed by atoms with Crippen molar-refractivity contribution < 1.29 is 4.92 Å². The van der Waals surface area contributed by atoms with E-state index in [1.165, 1.54) is 6.07 Å². The number of hydrogen-bond acceptors (Lipinski definition) is 3. The van der Waals surface area contributed by atoms with E-state index in [9.17, 15) is 10.1 Å². The number of nitriles is 1. The van der Waals surface area contributed by atoms with Gasteiger partial charge in [-0.15, -0.1) is 0 Å². The molecule has 1 aromatic rings. The predicted octanol–water partition coefficient (Wildman–Crippen LogP) is 2.28. The van der Waals surface area contributed by atoms with E-state index in [-0.39, 0.29) is 12.1 Å². The highest BCUT2D eigenvalue weighted by molar-refractivity contribution is 5.49. The number of rotatable bonds is 2. The molecule has 0 radical (unpaired) electrons. The fourth-order valence-corrected chi connectivity index (χ4v) is 1.33. The summed E-state index contributed by atoms with van der Waals surface area (Å²) in [6, 6.07) is 5.10. The smallest absolute Gasteiger partial charge is 0.258 e. The third-order valence-electron chi connectivity index (χ3n) is 2.30. The Morgan fingerprint density at radius 1 is 1.50 bits per heavy atom. The van der Waals surface area contributed by atoms with Crippen molar-refractivity contribution in [3.05, 3.63) is 38.9 Å².